The Morgan fingerprint density at radius 2 is 2.05 bits per heavy atom. The molecule has 1 N–H and O–H groups in total. The highest BCUT2D eigenvalue weighted by molar-refractivity contribution is 14.1. The van der Waals surface area contributed by atoms with Crippen molar-refractivity contribution in [2.24, 2.45) is 0 Å². The highest BCUT2D eigenvalue weighted by Crippen LogP contribution is 2.35. The number of nitrogens with one attached hydrogen (secondary N) is 1. The second-order valence-corrected chi connectivity index (χ2v) is 7.86. The lowest BCUT2D eigenvalue weighted by Crippen LogP contribution is -2.22. The highest BCUT2D eigenvalue weighted by Gasteiger charge is 2.19. The van der Waals surface area contributed by atoms with E-state index in [4.69, 9.17) is 0 Å². The molecule has 0 bridgehead atoms. The van der Waals surface area contributed by atoms with Crippen molar-refractivity contribution < 1.29 is 0 Å². The van der Waals surface area contributed by atoms with Crippen LogP contribution in [0.5, 0.6) is 0 Å². The Balaban J connectivity index is 2.18. The maximum atomic E-state index is 3.71. The van der Waals surface area contributed by atoms with Crippen molar-refractivity contribution in [2.75, 3.05) is 6.54 Å². The van der Waals surface area contributed by atoms with Crippen LogP contribution in [0.3, 0.4) is 0 Å². The zero-order valence-electron chi connectivity index (χ0n) is 11.6. The maximum absolute atomic E-state index is 3.71. The minimum absolute atomic E-state index is 0.210. The Kier molecular flexibility index (Phi) is 4.99. The van der Waals surface area contributed by atoms with Crippen LogP contribution in [0.15, 0.2) is 52.3 Å². The topological polar surface area (TPSA) is 12.0 Å². The predicted molar refractivity (Wildman–Crippen MR) is 104 cm³/mol. The van der Waals surface area contributed by atoms with Gasteiger partial charge in [0.05, 0.1) is 6.04 Å². The molecule has 0 radical (unpaired) electrons. The van der Waals surface area contributed by atoms with Crippen molar-refractivity contribution in [3.63, 3.8) is 0 Å². The summed E-state index contributed by atoms with van der Waals surface area (Å²) in [7, 11) is 0. The van der Waals surface area contributed by atoms with Crippen LogP contribution in [0, 0.1) is 3.57 Å². The fourth-order valence-electron chi connectivity index (χ4n) is 2.57. The van der Waals surface area contributed by atoms with Crippen LogP contribution in [0.25, 0.3) is 10.1 Å². The van der Waals surface area contributed by atoms with Crippen molar-refractivity contribution in [3.8, 4) is 0 Å². The van der Waals surface area contributed by atoms with Crippen LogP contribution in [0.4, 0.5) is 0 Å². The molecule has 0 aliphatic carbocycles. The molecule has 0 saturated heterocycles. The van der Waals surface area contributed by atoms with Gasteiger partial charge in [0.2, 0.25) is 0 Å². The number of hydrogen-bond acceptors (Lipinski definition) is 2. The van der Waals surface area contributed by atoms with E-state index in [0.29, 0.717) is 0 Å². The summed E-state index contributed by atoms with van der Waals surface area (Å²) in [5.74, 6) is 0. The third-order valence-electron chi connectivity index (χ3n) is 3.50. The van der Waals surface area contributed by atoms with Crippen LogP contribution < -0.4 is 5.32 Å². The summed E-state index contributed by atoms with van der Waals surface area (Å²) < 4.78 is 3.78. The molecule has 0 aliphatic heterocycles. The molecule has 108 valence electrons. The van der Waals surface area contributed by atoms with Gasteiger partial charge < -0.3 is 5.32 Å². The van der Waals surface area contributed by atoms with E-state index in [1.54, 1.807) is 0 Å². The van der Waals surface area contributed by atoms with Crippen molar-refractivity contribution in [2.45, 2.75) is 13.0 Å². The van der Waals surface area contributed by atoms with Crippen LogP contribution in [0.2, 0.25) is 0 Å². The normalized spacial score (nSPS) is 12.7. The first-order valence-electron chi connectivity index (χ1n) is 6.85. The third-order valence-corrected chi connectivity index (χ3v) is 5.87. The average Bonchev–Trinajstić information content (AvgIpc) is 2.96. The largest absolute Gasteiger partial charge is 0.306 e. The van der Waals surface area contributed by atoms with Crippen LogP contribution in [-0.2, 0) is 0 Å². The maximum Gasteiger partial charge on any atom is 0.0602 e. The fraction of sp³-hybridized carbons (Fsp3) is 0.176. The van der Waals surface area contributed by atoms with Gasteiger partial charge in [-0.15, -0.1) is 11.3 Å². The molecule has 0 fully saturated rings. The Bertz CT molecular complexity index is 768. The molecular weight excluding hydrogens is 457 g/mol. The summed E-state index contributed by atoms with van der Waals surface area (Å²) in [4.78, 5) is 0. The van der Waals surface area contributed by atoms with Crippen LogP contribution in [0.1, 0.15) is 24.1 Å². The molecule has 0 spiro atoms. The van der Waals surface area contributed by atoms with Crippen molar-refractivity contribution in [1.29, 1.82) is 0 Å². The first-order chi connectivity index (χ1) is 10.2. The van der Waals surface area contributed by atoms with Gasteiger partial charge in [0.15, 0.2) is 0 Å². The monoisotopic (exact) mass is 471 g/mol. The van der Waals surface area contributed by atoms with Gasteiger partial charge in [-0.25, -0.2) is 0 Å². The Labute approximate surface area is 151 Å². The summed E-state index contributed by atoms with van der Waals surface area (Å²) in [5, 5.41) is 7.13. The molecule has 1 heterocycles. The predicted octanol–water partition coefficient (Wildman–Crippen LogP) is 5.97. The van der Waals surface area contributed by atoms with Crippen molar-refractivity contribution in [1.82, 2.24) is 5.32 Å². The molecule has 3 aromatic rings. The van der Waals surface area contributed by atoms with E-state index in [1.165, 1.54) is 24.8 Å². The van der Waals surface area contributed by atoms with E-state index in [1.807, 2.05) is 11.3 Å². The van der Waals surface area contributed by atoms with E-state index >= 15 is 0 Å². The molecule has 2 aromatic carbocycles. The molecular formula is C17H15BrINS. The van der Waals surface area contributed by atoms with Gasteiger partial charge in [0.25, 0.3) is 0 Å². The zero-order valence-corrected chi connectivity index (χ0v) is 16.1. The smallest absolute Gasteiger partial charge is 0.0602 e. The number of fused-ring (bicyclic) bond motifs is 1. The van der Waals surface area contributed by atoms with Crippen molar-refractivity contribution in [3.05, 3.63) is 67.0 Å². The number of benzene rings is 2. The first-order valence-corrected chi connectivity index (χ1v) is 9.60. The lowest BCUT2D eigenvalue weighted by molar-refractivity contribution is 0.632. The summed E-state index contributed by atoms with van der Waals surface area (Å²) in [6, 6.07) is 15.5. The molecule has 1 nitrogen and oxygen atoms in total. The second-order valence-electron chi connectivity index (χ2n) is 4.84. The first kappa shape index (κ1) is 15.5. The molecule has 1 unspecified atom stereocenters. The van der Waals surface area contributed by atoms with Gasteiger partial charge in [0, 0.05) is 12.7 Å². The fourth-order valence-corrected chi connectivity index (χ4v) is 4.51. The van der Waals surface area contributed by atoms with E-state index in [9.17, 15) is 0 Å². The summed E-state index contributed by atoms with van der Waals surface area (Å²) in [6.07, 6.45) is 0. The Morgan fingerprint density at radius 1 is 1.19 bits per heavy atom. The summed E-state index contributed by atoms with van der Waals surface area (Å²) in [6.45, 7) is 3.09. The quantitative estimate of drug-likeness (QED) is 0.462. The van der Waals surface area contributed by atoms with Gasteiger partial charge in [-0.2, -0.15) is 0 Å². The lowest BCUT2D eigenvalue weighted by atomic mass is 9.97. The van der Waals surface area contributed by atoms with E-state index in [0.717, 1.165) is 11.0 Å². The molecule has 4 heteroatoms. The molecule has 0 amide bonds. The number of rotatable bonds is 4. The number of hydrogen-bond donors (Lipinski definition) is 1. The number of halogens is 2. The number of thiophene rings is 1. The molecule has 3 rings (SSSR count). The Morgan fingerprint density at radius 3 is 2.86 bits per heavy atom. The molecule has 1 aromatic heterocycles. The summed E-state index contributed by atoms with van der Waals surface area (Å²) >= 11 is 7.90. The molecule has 1 atom stereocenters. The molecule has 0 aliphatic rings. The lowest BCUT2D eigenvalue weighted by Gasteiger charge is -2.21. The second kappa shape index (κ2) is 6.77. The van der Waals surface area contributed by atoms with Gasteiger partial charge in [-0.1, -0.05) is 41.1 Å². The average molecular weight is 472 g/mol. The van der Waals surface area contributed by atoms with Gasteiger partial charge in [0.1, 0.15) is 0 Å². The van der Waals surface area contributed by atoms with E-state index < -0.39 is 0 Å². The Hall–Kier alpha value is -0.430. The third kappa shape index (κ3) is 3.18. The van der Waals surface area contributed by atoms with Gasteiger partial charge in [-0.05, 0) is 75.3 Å². The SMILES string of the molecule is CCNC(c1cc(I)ccc1Br)c1cccc2ccsc12. The summed E-state index contributed by atoms with van der Waals surface area (Å²) in [5.41, 5.74) is 2.65. The van der Waals surface area contributed by atoms with E-state index in [2.05, 4.69) is 98.6 Å². The zero-order chi connectivity index (χ0) is 14.8. The molecule has 0 saturated carbocycles. The minimum atomic E-state index is 0.210. The standard InChI is InChI=1S/C17H15BrINS/c1-2-20-16(14-10-12(19)6-7-15(14)18)13-5-3-4-11-8-9-21-17(11)13/h3-10,16,20H,2H2,1H3. The van der Waals surface area contributed by atoms with Gasteiger partial charge >= 0.3 is 0 Å². The highest BCUT2D eigenvalue weighted by atomic mass is 127. The van der Waals surface area contributed by atoms with Crippen molar-refractivity contribution >= 4 is 59.9 Å². The van der Waals surface area contributed by atoms with E-state index in [-0.39, 0.29) is 6.04 Å². The minimum Gasteiger partial charge on any atom is -0.306 e. The van der Waals surface area contributed by atoms with Crippen LogP contribution >= 0.6 is 49.9 Å². The van der Waals surface area contributed by atoms with Crippen LogP contribution in [-0.4, -0.2) is 6.54 Å². The molecule has 21 heavy (non-hydrogen) atoms. The van der Waals surface area contributed by atoms with Gasteiger partial charge in [-0.3, -0.25) is 0 Å².